The Morgan fingerprint density at radius 2 is 1.57 bits per heavy atom. The minimum atomic E-state index is -0.110. The lowest BCUT2D eigenvalue weighted by molar-refractivity contribution is -0.142. The molecule has 114 valence electrons. The van der Waals surface area contributed by atoms with Gasteiger partial charge in [-0.15, -0.1) is 0 Å². The Labute approximate surface area is 135 Å². The standard InChI is InChI=1S/C21H18O2/c22-21(19-14-13-17(19)15-7-2-1-3-8-15)23-20-12-6-10-16-9-4-5-11-18(16)20/h1-12,17,19H,13-14H2/t17-,19+/m0/s1. The molecule has 0 heterocycles. The zero-order valence-electron chi connectivity index (χ0n) is 12.8. The van der Waals surface area contributed by atoms with E-state index in [0.717, 1.165) is 23.6 Å². The number of fused-ring (bicyclic) bond motifs is 1. The average molecular weight is 302 g/mol. The summed E-state index contributed by atoms with van der Waals surface area (Å²) in [6.07, 6.45) is 1.96. The average Bonchev–Trinajstić information content (AvgIpc) is 2.55. The molecule has 2 nitrogen and oxygen atoms in total. The fourth-order valence-electron chi connectivity index (χ4n) is 3.35. The van der Waals surface area contributed by atoms with Gasteiger partial charge in [0.25, 0.3) is 0 Å². The van der Waals surface area contributed by atoms with Crippen molar-refractivity contribution in [1.82, 2.24) is 0 Å². The first kappa shape index (κ1) is 14.0. The summed E-state index contributed by atoms with van der Waals surface area (Å²) in [5.74, 6) is 0.809. The number of carbonyl (C=O) groups excluding carboxylic acids is 1. The predicted molar refractivity (Wildman–Crippen MR) is 91.5 cm³/mol. The van der Waals surface area contributed by atoms with E-state index in [4.69, 9.17) is 4.74 Å². The van der Waals surface area contributed by atoms with Gasteiger partial charge in [-0.25, -0.2) is 0 Å². The minimum absolute atomic E-state index is 0.0311. The van der Waals surface area contributed by atoms with Crippen molar-refractivity contribution in [2.24, 2.45) is 5.92 Å². The third kappa shape index (κ3) is 2.61. The van der Waals surface area contributed by atoms with Gasteiger partial charge >= 0.3 is 5.97 Å². The molecule has 3 aromatic carbocycles. The summed E-state index contributed by atoms with van der Waals surface area (Å²) in [6, 6.07) is 24.1. The number of hydrogen-bond acceptors (Lipinski definition) is 2. The number of carbonyl (C=O) groups is 1. The van der Waals surface area contributed by atoms with E-state index in [1.807, 2.05) is 60.7 Å². The van der Waals surface area contributed by atoms with E-state index in [9.17, 15) is 4.79 Å². The Morgan fingerprint density at radius 3 is 2.35 bits per heavy atom. The highest BCUT2D eigenvalue weighted by Crippen LogP contribution is 2.43. The number of rotatable bonds is 3. The molecule has 1 aliphatic carbocycles. The monoisotopic (exact) mass is 302 g/mol. The molecule has 0 spiro atoms. The van der Waals surface area contributed by atoms with Crippen LogP contribution in [0.4, 0.5) is 0 Å². The molecule has 1 saturated carbocycles. The lowest BCUT2D eigenvalue weighted by Crippen LogP contribution is -2.34. The molecule has 0 saturated heterocycles. The van der Waals surface area contributed by atoms with E-state index >= 15 is 0 Å². The van der Waals surface area contributed by atoms with E-state index in [-0.39, 0.29) is 11.9 Å². The first-order valence-corrected chi connectivity index (χ1v) is 8.07. The molecule has 3 aromatic rings. The van der Waals surface area contributed by atoms with Crippen LogP contribution in [0, 0.1) is 5.92 Å². The van der Waals surface area contributed by atoms with Gasteiger partial charge in [0.05, 0.1) is 5.92 Å². The van der Waals surface area contributed by atoms with Crippen LogP contribution in [0.3, 0.4) is 0 Å². The molecule has 2 heteroatoms. The van der Waals surface area contributed by atoms with Crippen molar-refractivity contribution in [3.63, 3.8) is 0 Å². The van der Waals surface area contributed by atoms with Gasteiger partial charge in [0.2, 0.25) is 0 Å². The molecule has 0 bridgehead atoms. The van der Waals surface area contributed by atoms with Crippen LogP contribution in [0.2, 0.25) is 0 Å². The molecular weight excluding hydrogens is 284 g/mol. The van der Waals surface area contributed by atoms with Crippen LogP contribution < -0.4 is 4.74 Å². The molecule has 0 aromatic heterocycles. The van der Waals surface area contributed by atoms with Crippen LogP contribution in [-0.4, -0.2) is 5.97 Å². The van der Waals surface area contributed by atoms with Crippen LogP contribution in [0.1, 0.15) is 24.3 Å². The number of esters is 1. The van der Waals surface area contributed by atoms with Crippen molar-refractivity contribution in [3.8, 4) is 5.75 Å². The van der Waals surface area contributed by atoms with Gasteiger partial charge in [0, 0.05) is 5.39 Å². The van der Waals surface area contributed by atoms with E-state index in [0.29, 0.717) is 11.7 Å². The maximum Gasteiger partial charge on any atom is 0.314 e. The molecule has 23 heavy (non-hydrogen) atoms. The topological polar surface area (TPSA) is 26.3 Å². The molecule has 0 aliphatic heterocycles. The van der Waals surface area contributed by atoms with Gasteiger partial charge in [-0.1, -0.05) is 66.7 Å². The highest BCUT2D eigenvalue weighted by atomic mass is 16.5. The molecule has 0 unspecified atom stereocenters. The number of ether oxygens (including phenoxy) is 1. The van der Waals surface area contributed by atoms with Gasteiger partial charge in [-0.2, -0.15) is 0 Å². The summed E-state index contributed by atoms with van der Waals surface area (Å²) in [4.78, 5) is 12.6. The van der Waals surface area contributed by atoms with Gasteiger partial charge in [-0.05, 0) is 35.8 Å². The Kier molecular flexibility index (Phi) is 3.58. The Bertz CT molecular complexity index is 833. The Hall–Kier alpha value is -2.61. The van der Waals surface area contributed by atoms with Crippen molar-refractivity contribution >= 4 is 16.7 Å². The highest BCUT2D eigenvalue weighted by molar-refractivity contribution is 5.90. The molecule has 4 rings (SSSR count). The normalized spacial score (nSPS) is 20.0. The zero-order chi connectivity index (χ0) is 15.6. The Balaban J connectivity index is 1.56. The van der Waals surface area contributed by atoms with E-state index in [2.05, 4.69) is 12.1 Å². The summed E-state index contributed by atoms with van der Waals surface area (Å²) in [7, 11) is 0. The van der Waals surface area contributed by atoms with E-state index in [1.165, 1.54) is 5.56 Å². The third-order valence-corrected chi connectivity index (χ3v) is 4.77. The maximum absolute atomic E-state index is 12.6. The lowest BCUT2D eigenvalue weighted by atomic mass is 9.70. The van der Waals surface area contributed by atoms with Crippen molar-refractivity contribution in [3.05, 3.63) is 78.4 Å². The highest BCUT2D eigenvalue weighted by Gasteiger charge is 2.38. The quantitative estimate of drug-likeness (QED) is 0.506. The SMILES string of the molecule is O=C(Oc1cccc2ccccc12)[C@@H]1CC[C@H]1c1ccccc1. The summed E-state index contributed by atoms with van der Waals surface area (Å²) < 4.78 is 5.74. The molecule has 0 amide bonds. The molecule has 1 fully saturated rings. The van der Waals surface area contributed by atoms with Crippen molar-refractivity contribution in [1.29, 1.82) is 0 Å². The summed E-state index contributed by atoms with van der Waals surface area (Å²) in [5, 5.41) is 2.07. The largest absolute Gasteiger partial charge is 0.426 e. The van der Waals surface area contributed by atoms with E-state index in [1.54, 1.807) is 0 Å². The first-order valence-electron chi connectivity index (χ1n) is 8.07. The maximum atomic E-state index is 12.6. The summed E-state index contributed by atoms with van der Waals surface area (Å²) in [5.41, 5.74) is 1.23. The van der Waals surface area contributed by atoms with Crippen LogP contribution in [0.5, 0.6) is 5.75 Å². The lowest BCUT2D eigenvalue weighted by Gasteiger charge is -2.35. The second-order valence-electron chi connectivity index (χ2n) is 6.10. The van der Waals surface area contributed by atoms with Crippen molar-refractivity contribution in [2.45, 2.75) is 18.8 Å². The zero-order valence-corrected chi connectivity index (χ0v) is 12.8. The first-order chi connectivity index (χ1) is 11.3. The Morgan fingerprint density at radius 1 is 0.826 bits per heavy atom. The molecule has 2 atom stereocenters. The van der Waals surface area contributed by atoms with E-state index < -0.39 is 0 Å². The smallest absolute Gasteiger partial charge is 0.314 e. The van der Waals surface area contributed by atoms with Gasteiger partial charge in [0.1, 0.15) is 5.75 Å². The van der Waals surface area contributed by atoms with Crippen molar-refractivity contribution < 1.29 is 9.53 Å². The van der Waals surface area contributed by atoms with Crippen LogP contribution in [0.15, 0.2) is 72.8 Å². The number of benzene rings is 3. The van der Waals surface area contributed by atoms with Gasteiger partial charge < -0.3 is 4.74 Å². The second-order valence-corrected chi connectivity index (χ2v) is 6.10. The van der Waals surface area contributed by atoms with Crippen LogP contribution >= 0.6 is 0 Å². The molecule has 1 aliphatic rings. The molecule has 0 radical (unpaired) electrons. The summed E-state index contributed by atoms with van der Waals surface area (Å²) >= 11 is 0. The van der Waals surface area contributed by atoms with Crippen LogP contribution in [-0.2, 0) is 4.79 Å². The van der Waals surface area contributed by atoms with Crippen LogP contribution in [0.25, 0.3) is 10.8 Å². The predicted octanol–water partition coefficient (Wildman–Crippen LogP) is 4.94. The third-order valence-electron chi connectivity index (χ3n) is 4.77. The van der Waals surface area contributed by atoms with Crippen molar-refractivity contribution in [2.75, 3.05) is 0 Å². The molecular formula is C21H18O2. The number of hydrogen-bond donors (Lipinski definition) is 0. The second kappa shape index (κ2) is 5.88. The fraction of sp³-hybridized carbons (Fsp3) is 0.190. The van der Waals surface area contributed by atoms with Gasteiger partial charge in [0.15, 0.2) is 0 Å². The fourth-order valence-corrected chi connectivity index (χ4v) is 3.35. The minimum Gasteiger partial charge on any atom is -0.426 e. The molecule has 0 N–H and O–H groups in total. The summed E-state index contributed by atoms with van der Waals surface area (Å²) in [6.45, 7) is 0. The van der Waals surface area contributed by atoms with Gasteiger partial charge in [-0.3, -0.25) is 4.79 Å².